The highest BCUT2D eigenvalue weighted by Crippen LogP contribution is 2.22. The molecule has 1 aromatic rings. The first-order valence-electron chi connectivity index (χ1n) is 6.20. The van der Waals surface area contributed by atoms with Crippen molar-refractivity contribution in [3.8, 4) is 0 Å². The Bertz CT molecular complexity index is 377. The highest BCUT2D eigenvalue weighted by Gasteiger charge is 2.16. The van der Waals surface area contributed by atoms with Gasteiger partial charge in [0.25, 0.3) is 0 Å². The predicted molar refractivity (Wildman–Crippen MR) is 74.3 cm³/mol. The Balaban J connectivity index is 2.87. The third-order valence-corrected chi connectivity index (χ3v) is 3.88. The molecule has 0 N–H and O–H groups in total. The lowest BCUT2D eigenvalue weighted by Gasteiger charge is -2.11. The van der Waals surface area contributed by atoms with E-state index in [1.807, 2.05) is 36.4 Å². The van der Waals surface area contributed by atoms with Crippen molar-refractivity contribution in [2.24, 2.45) is 0 Å². The van der Waals surface area contributed by atoms with Crippen LogP contribution in [0.2, 0.25) is 0 Å². The summed E-state index contributed by atoms with van der Waals surface area (Å²) >= 11 is -1.05. The summed E-state index contributed by atoms with van der Waals surface area (Å²) in [7, 11) is 0. The first-order chi connectivity index (χ1) is 8.29. The van der Waals surface area contributed by atoms with E-state index in [1.165, 1.54) is 0 Å². The van der Waals surface area contributed by atoms with Gasteiger partial charge in [-0.1, -0.05) is 44.2 Å². The Hall–Kier alpha value is -0.950. The van der Waals surface area contributed by atoms with E-state index in [1.54, 1.807) is 0 Å². The normalized spacial score (nSPS) is 11.7. The first kappa shape index (κ1) is 14.1. The monoisotopic (exact) mass is 248 g/mol. The van der Waals surface area contributed by atoms with Gasteiger partial charge >= 0.3 is 0 Å². The molecule has 0 heterocycles. The van der Waals surface area contributed by atoms with Gasteiger partial charge in [0.1, 0.15) is 0 Å². The van der Waals surface area contributed by atoms with Crippen molar-refractivity contribution in [2.45, 2.75) is 44.4 Å². The minimum absolute atomic E-state index is 0.870. The van der Waals surface area contributed by atoms with Crippen molar-refractivity contribution in [3.63, 3.8) is 0 Å². The SMILES string of the molecule is CCC=C=C(CCCC)[S+]([O-])c1ccccc1. The standard InChI is InChI=1S/C15H20OS/c1-3-5-10-14(11-6-4-2)17(16)15-12-8-7-9-13-15/h5,7-9,12-13H,3-4,6,11H2,1-2H3. The molecular formula is C15H20OS. The van der Waals surface area contributed by atoms with Crippen molar-refractivity contribution >= 4 is 11.2 Å². The molecule has 0 spiro atoms. The van der Waals surface area contributed by atoms with Crippen LogP contribution in [0, 0.1) is 0 Å². The topological polar surface area (TPSA) is 23.1 Å². The van der Waals surface area contributed by atoms with E-state index >= 15 is 0 Å². The molecule has 92 valence electrons. The van der Waals surface area contributed by atoms with Gasteiger partial charge in [0, 0.05) is 17.6 Å². The van der Waals surface area contributed by atoms with E-state index in [0.29, 0.717) is 0 Å². The molecule has 0 aliphatic rings. The number of rotatable bonds is 6. The molecule has 1 nitrogen and oxygen atoms in total. The third-order valence-electron chi connectivity index (χ3n) is 2.41. The Morgan fingerprint density at radius 2 is 2.00 bits per heavy atom. The fraction of sp³-hybridized carbons (Fsp3) is 0.400. The summed E-state index contributed by atoms with van der Waals surface area (Å²) in [6.07, 6.45) is 5.95. The highest BCUT2D eigenvalue weighted by molar-refractivity contribution is 7.95. The average molecular weight is 248 g/mol. The van der Waals surface area contributed by atoms with E-state index < -0.39 is 11.2 Å². The quantitative estimate of drug-likeness (QED) is 0.539. The van der Waals surface area contributed by atoms with Crippen molar-refractivity contribution < 1.29 is 4.55 Å². The zero-order valence-electron chi connectivity index (χ0n) is 10.6. The molecular weight excluding hydrogens is 228 g/mol. The number of benzene rings is 1. The highest BCUT2D eigenvalue weighted by atomic mass is 32.2. The third kappa shape index (κ3) is 4.82. The Morgan fingerprint density at radius 1 is 1.29 bits per heavy atom. The molecule has 0 saturated heterocycles. The molecule has 0 fully saturated rings. The Morgan fingerprint density at radius 3 is 2.59 bits per heavy atom. The number of allylic oxidation sites excluding steroid dienone is 1. The van der Waals surface area contributed by atoms with Crippen molar-refractivity contribution in [1.29, 1.82) is 0 Å². The van der Waals surface area contributed by atoms with Gasteiger partial charge in [-0.2, -0.15) is 0 Å². The van der Waals surface area contributed by atoms with E-state index in [-0.39, 0.29) is 0 Å². The summed E-state index contributed by atoms with van der Waals surface area (Å²) in [6, 6.07) is 9.62. The van der Waals surface area contributed by atoms with Crippen LogP contribution >= 0.6 is 0 Å². The van der Waals surface area contributed by atoms with Crippen LogP contribution in [0.15, 0.2) is 51.9 Å². The fourth-order valence-electron chi connectivity index (χ4n) is 1.46. The number of unbranched alkanes of at least 4 members (excludes halogenated alkanes) is 1. The van der Waals surface area contributed by atoms with Gasteiger partial charge in [-0.05, 0) is 31.1 Å². The lowest BCUT2D eigenvalue weighted by Crippen LogP contribution is -2.04. The Kier molecular flexibility index (Phi) is 6.80. The largest absolute Gasteiger partial charge is 0.606 e. The van der Waals surface area contributed by atoms with Crippen LogP contribution in [-0.2, 0) is 11.2 Å². The van der Waals surface area contributed by atoms with Crippen LogP contribution < -0.4 is 0 Å². The summed E-state index contributed by atoms with van der Waals surface area (Å²) < 4.78 is 12.3. The zero-order chi connectivity index (χ0) is 12.5. The molecule has 0 aliphatic carbocycles. The van der Waals surface area contributed by atoms with E-state index in [2.05, 4.69) is 19.6 Å². The molecule has 0 radical (unpaired) electrons. The van der Waals surface area contributed by atoms with Crippen molar-refractivity contribution in [2.75, 3.05) is 0 Å². The lowest BCUT2D eigenvalue weighted by atomic mass is 10.2. The summed E-state index contributed by atoms with van der Waals surface area (Å²) in [5.74, 6) is 0. The second kappa shape index (κ2) is 8.19. The average Bonchev–Trinajstić information content (AvgIpc) is 2.39. The molecule has 1 atom stereocenters. The fourth-order valence-corrected chi connectivity index (χ4v) is 2.67. The van der Waals surface area contributed by atoms with Gasteiger partial charge in [-0.25, -0.2) is 0 Å². The van der Waals surface area contributed by atoms with Gasteiger partial charge in [0.15, 0.2) is 9.80 Å². The maximum absolute atomic E-state index is 12.3. The molecule has 1 rings (SSSR count). The molecule has 1 unspecified atom stereocenters. The molecule has 0 bridgehead atoms. The number of hydrogen-bond acceptors (Lipinski definition) is 1. The van der Waals surface area contributed by atoms with E-state index in [9.17, 15) is 4.55 Å². The zero-order valence-corrected chi connectivity index (χ0v) is 11.4. The van der Waals surface area contributed by atoms with Crippen LogP contribution in [0.25, 0.3) is 0 Å². The van der Waals surface area contributed by atoms with Crippen LogP contribution in [0.3, 0.4) is 0 Å². The minimum Gasteiger partial charge on any atom is -0.606 e. The van der Waals surface area contributed by atoms with Gasteiger partial charge in [0.05, 0.1) is 0 Å². The summed E-state index contributed by atoms with van der Waals surface area (Å²) in [6.45, 7) is 4.21. The smallest absolute Gasteiger partial charge is 0.177 e. The molecule has 17 heavy (non-hydrogen) atoms. The predicted octanol–water partition coefficient (Wildman–Crippen LogP) is 4.43. The van der Waals surface area contributed by atoms with Gasteiger partial charge < -0.3 is 4.55 Å². The molecule has 0 aliphatic heterocycles. The first-order valence-corrected chi connectivity index (χ1v) is 7.35. The lowest BCUT2D eigenvalue weighted by molar-refractivity contribution is 0.598. The summed E-state index contributed by atoms with van der Waals surface area (Å²) in [5, 5.41) is 0. The van der Waals surface area contributed by atoms with Crippen LogP contribution in [0.5, 0.6) is 0 Å². The van der Waals surface area contributed by atoms with Crippen molar-refractivity contribution in [1.82, 2.24) is 0 Å². The van der Waals surface area contributed by atoms with Gasteiger partial charge in [-0.3, -0.25) is 0 Å². The van der Waals surface area contributed by atoms with E-state index in [0.717, 1.165) is 35.5 Å². The van der Waals surface area contributed by atoms with Crippen LogP contribution in [0.4, 0.5) is 0 Å². The van der Waals surface area contributed by atoms with E-state index in [4.69, 9.17) is 0 Å². The van der Waals surface area contributed by atoms with Gasteiger partial charge in [0.2, 0.25) is 0 Å². The number of hydrogen-bond donors (Lipinski definition) is 0. The molecule has 0 amide bonds. The summed E-state index contributed by atoms with van der Waals surface area (Å²) in [4.78, 5) is 1.79. The maximum atomic E-state index is 12.3. The minimum atomic E-state index is -1.05. The van der Waals surface area contributed by atoms with Gasteiger partial charge in [-0.15, -0.1) is 0 Å². The molecule has 0 aromatic heterocycles. The maximum Gasteiger partial charge on any atom is 0.177 e. The van der Waals surface area contributed by atoms with Crippen LogP contribution in [0.1, 0.15) is 39.5 Å². The Labute approximate surface area is 107 Å². The van der Waals surface area contributed by atoms with Crippen molar-refractivity contribution in [3.05, 3.63) is 47.0 Å². The summed E-state index contributed by atoms with van der Waals surface area (Å²) in [5.41, 5.74) is 3.19. The molecule has 2 heteroatoms. The molecule has 1 aromatic carbocycles. The second-order valence-corrected chi connectivity index (χ2v) is 5.37. The van der Waals surface area contributed by atoms with Crippen LogP contribution in [-0.4, -0.2) is 4.55 Å². The molecule has 0 saturated carbocycles. The second-order valence-electron chi connectivity index (χ2n) is 3.87.